The molecule has 1 N–H and O–H groups in total. The number of piperidine rings is 1. The van der Waals surface area contributed by atoms with Crippen molar-refractivity contribution in [2.45, 2.75) is 45.6 Å². The number of amides is 2. The second kappa shape index (κ2) is 7.51. The van der Waals surface area contributed by atoms with Crippen LogP contribution in [0.15, 0.2) is 0 Å². The van der Waals surface area contributed by atoms with Gasteiger partial charge in [-0.25, -0.2) is 4.98 Å². The number of nitrogens with zero attached hydrogens (tertiary/aromatic N) is 4. The molecule has 0 bridgehead atoms. The number of H-pyrrole nitrogens is 1. The van der Waals surface area contributed by atoms with Crippen molar-refractivity contribution in [3.8, 4) is 0 Å². The highest BCUT2D eigenvalue weighted by molar-refractivity contribution is 5.80. The van der Waals surface area contributed by atoms with Gasteiger partial charge in [0.2, 0.25) is 11.8 Å². The highest BCUT2D eigenvalue weighted by Gasteiger charge is 2.33. The summed E-state index contributed by atoms with van der Waals surface area (Å²) in [6.45, 7) is 8.60. The van der Waals surface area contributed by atoms with Crippen LogP contribution in [-0.2, 0) is 14.3 Å². The maximum absolute atomic E-state index is 12.8. The number of aromatic nitrogens is 3. The minimum absolute atomic E-state index is 0.00435. The first-order valence-electron chi connectivity index (χ1n) is 9.03. The maximum Gasteiger partial charge on any atom is 0.225 e. The molecule has 138 valence electrons. The van der Waals surface area contributed by atoms with Crippen molar-refractivity contribution < 1.29 is 14.3 Å². The lowest BCUT2D eigenvalue weighted by molar-refractivity contribution is -0.146. The standard InChI is InChI=1S/C17H27N5O3/c1-11(2)15-18-16(20-19-15)14-10-22(8-9-25-14)17(24)13-4-6-21(7-5-13)12(3)23/h11,13-14H,4-10H2,1-3H3,(H,18,19,20). The van der Waals surface area contributed by atoms with Gasteiger partial charge in [0.1, 0.15) is 6.10 Å². The molecule has 25 heavy (non-hydrogen) atoms. The summed E-state index contributed by atoms with van der Waals surface area (Å²) < 4.78 is 5.79. The van der Waals surface area contributed by atoms with Crippen LogP contribution in [0.5, 0.6) is 0 Å². The van der Waals surface area contributed by atoms with Crippen molar-refractivity contribution in [1.29, 1.82) is 0 Å². The first-order chi connectivity index (χ1) is 12.0. The van der Waals surface area contributed by atoms with E-state index in [0.717, 1.165) is 18.7 Å². The van der Waals surface area contributed by atoms with Crippen LogP contribution in [-0.4, -0.2) is 69.6 Å². The van der Waals surface area contributed by atoms with E-state index in [-0.39, 0.29) is 29.8 Å². The fourth-order valence-electron chi connectivity index (χ4n) is 3.40. The molecule has 0 saturated carbocycles. The van der Waals surface area contributed by atoms with E-state index in [2.05, 4.69) is 15.2 Å². The van der Waals surface area contributed by atoms with Crippen molar-refractivity contribution in [3.05, 3.63) is 11.6 Å². The first-order valence-corrected chi connectivity index (χ1v) is 9.03. The zero-order valence-electron chi connectivity index (χ0n) is 15.2. The van der Waals surface area contributed by atoms with Gasteiger partial charge >= 0.3 is 0 Å². The fraction of sp³-hybridized carbons (Fsp3) is 0.765. The average Bonchev–Trinajstić information content (AvgIpc) is 3.12. The molecule has 3 heterocycles. The number of carbonyl (C=O) groups is 2. The summed E-state index contributed by atoms with van der Waals surface area (Å²) in [6.07, 6.45) is 1.22. The Labute approximate surface area is 147 Å². The van der Waals surface area contributed by atoms with Gasteiger partial charge in [0.25, 0.3) is 0 Å². The summed E-state index contributed by atoms with van der Waals surface area (Å²) in [4.78, 5) is 32.4. The molecule has 0 aromatic carbocycles. The Kier molecular flexibility index (Phi) is 5.36. The number of hydrogen-bond donors (Lipinski definition) is 1. The van der Waals surface area contributed by atoms with E-state index in [1.165, 1.54) is 0 Å². The van der Waals surface area contributed by atoms with E-state index >= 15 is 0 Å². The quantitative estimate of drug-likeness (QED) is 0.882. The highest BCUT2D eigenvalue weighted by atomic mass is 16.5. The van der Waals surface area contributed by atoms with Gasteiger partial charge in [-0.2, -0.15) is 5.10 Å². The summed E-state index contributed by atoms with van der Waals surface area (Å²) >= 11 is 0. The van der Waals surface area contributed by atoms with E-state index in [0.29, 0.717) is 38.6 Å². The van der Waals surface area contributed by atoms with Crippen molar-refractivity contribution in [1.82, 2.24) is 25.0 Å². The molecule has 8 heteroatoms. The largest absolute Gasteiger partial charge is 0.367 e. The van der Waals surface area contributed by atoms with Crippen LogP contribution < -0.4 is 0 Å². The SMILES string of the molecule is CC(=O)N1CCC(C(=O)N2CCOC(c3nc(C(C)C)n[nH]3)C2)CC1. The summed E-state index contributed by atoms with van der Waals surface area (Å²) in [6, 6.07) is 0. The highest BCUT2D eigenvalue weighted by Crippen LogP contribution is 2.25. The molecule has 1 atom stereocenters. The summed E-state index contributed by atoms with van der Waals surface area (Å²) in [5.41, 5.74) is 0. The second-order valence-electron chi connectivity index (χ2n) is 7.16. The fourth-order valence-corrected chi connectivity index (χ4v) is 3.40. The van der Waals surface area contributed by atoms with Gasteiger partial charge in [-0.1, -0.05) is 13.8 Å². The monoisotopic (exact) mass is 349 g/mol. The van der Waals surface area contributed by atoms with Crippen LogP contribution in [0, 0.1) is 5.92 Å². The number of aromatic amines is 1. The van der Waals surface area contributed by atoms with Gasteiger partial charge < -0.3 is 14.5 Å². The third-order valence-electron chi connectivity index (χ3n) is 5.01. The Bertz CT molecular complexity index is 622. The van der Waals surface area contributed by atoms with Crippen molar-refractivity contribution >= 4 is 11.8 Å². The first kappa shape index (κ1) is 17.8. The zero-order chi connectivity index (χ0) is 18.0. The molecule has 1 aromatic heterocycles. The Balaban J connectivity index is 1.59. The van der Waals surface area contributed by atoms with E-state index in [1.54, 1.807) is 6.92 Å². The summed E-state index contributed by atoms with van der Waals surface area (Å²) in [5.74, 6) is 1.95. The Morgan fingerprint density at radius 2 is 1.92 bits per heavy atom. The Hall–Kier alpha value is -1.96. The van der Waals surface area contributed by atoms with E-state index in [1.807, 2.05) is 23.6 Å². The summed E-state index contributed by atoms with van der Waals surface area (Å²) in [5, 5.41) is 7.16. The van der Waals surface area contributed by atoms with E-state index in [4.69, 9.17) is 4.74 Å². The van der Waals surface area contributed by atoms with Gasteiger partial charge in [-0.15, -0.1) is 0 Å². The topological polar surface area (TPSA) is 91.4 Å². The van der Waals surface area contributed by atoms with E-state index < -0.39 is 0 Å². The molecule has 2 aliphatic rings. The molecule has 0 aliphatic carbocycles. The van der Waals surface area contributed by atoms with Gasteiger partial charge in [0.15, 0.2) is 11.6 Å². The molecule has 0 radical (unpaired) electrons. The van der Waals surface area contributed by atoms with Crippen LogP contribution >= 0.6 is 0 Å². The van der Waals surface area contributed by atoms with Crippen molar-refractivity contribution in [2.75, 3.05) is 32.8 Å². The molecule has 1 unspecified atom stereocenters. The smallest absolute Gasteiger partial charge is 0.225 e. The number of rotatable bonds is 3. The lowest BCUT2D eigenvalue weighted by Gasteiger charge is -2.37. The van der Waals surface area contributed by atoms with Gasteiger partial charge in [-0.3, -0.25) is 14.7 Å². The van der Waals surface area contributed by atoms with Gasteiger partial charge in [0, 0.05) is 38.4 Å². The second-order valence-corrected chi connectivity index (χ2v) is 7.16. The van der Waals surface area contributed by atoms with Crippen molar-refractivity contribution in [2.24, 2.45) is 5.92 Å². The van der Waals surface area contributed by atoms with Crippen LogP contribution in [0.4, 0.5) is 0 Å². The zero-order valence-corrected chi connectivity index (χ0v) is 15.2. The number of nitrogens with one attached hydrogen (secondary N) is 1. The minimum Gasteiger partial charge on any atom is -0.367 e. The number of hydrogen-bond acceptors (Lipinski definition) is 5. The Morgan fingerprint density at radius 3 is 2.52 bits per heavy atom. The molecular weight excluding hydrogens is 322 g/mol. The maximum atomic E-state index is 12.8. The molecule has 2 aliphatic heterocycles. The molecule has 2 saturated heterocycles. The molecule has 0 spiro atoms. The Morgan fingerprint density at radius 1 is 1.20 bits per heavy atom. The average molecular weight is 349 g/mol. The minimum atomic E-state index is -0.255. The molecule has 2 fully saturated rings. The third-order valence-corrected chi connectivity index (χ3v) is 5.01. The lowest BCUT2D eigenvalue weighted by atomic mass is 9.95. The normalized spacial score (nSPS) is 22.5. The van der Waals surface area contributed by atoms with E-state index in [9.17, 15) is 9.59 Å². The van der Waals surface area contributed by atoms with Crippen LogP contribution in [0.3, 0.4) is 0 Å². The predicted molar refractivity (Wildman–Crippen MR) is 90.7 cm³/mol. The molecule has 1 aromatic rings. The molecule has 2 amide bonds. The lowest BCUT2D eigenvalue weighted by Crippen LogP contribution is -2.48. The number of likely N-dealkylation sites (tertiary alicyclic amines) is 1. The van der Waals surface area contributed by atoms with Crippen molar-refractivity contribution in [3.63, 3.8) is 0 Å². The summed E-state index contributed by atoms with van der Waals surface area (Å²) in [7, 11) is 0. The van der Waals surface area contributed by atoms with Gasteiger partial charge in [0.05, 0.1) is 13.2 Å². The predicted octanol–water partition coefficient (Wildman–Crippen LogP) is 1.09. The number of carbonyl (C=O) groups excluding carboxylic acids is 2. The van der Waals surface area contributed by atoms with Crippen LogP contribution in [0.25, 0.3) is 0 Å². The third kappa shape index (κ3) is 4.00. The number of morpholine rings is 1. The number of ether oxygens (including phenoxy) is 1. The van der Waals surface area contributed by atoms with Crippen LogP contribution in [0.2, 0.25) is 0 Å². The van der Waals surface area contributed by atoms with Gasteiger partial charge in [-0.05, 0) is 12.8 Å². The molecular formula is C17H27N5O3. The van der Waals surface area contributed by atoms with Crippen LogP contribution in [0.1, 0.15) is 57.3 Å². The molecule has 8 nitrogen and oxygen atoms in total. The molecule has 3 rings (SSSR count).